The van der Waals surface area contributed by atoms with Crippen LogP contribution in [0.3, 0.4) is 0 Å². The molecule has 4 rings (SSSR count). The number of hydrogen-bond donors (Lipinski definition) is 0. The normalized spacial score (nSPS) is 19.0. The molecule has 2 fully saturated rings. The highest BCUT2D eigenvalue weighted by atomic mass is 31.0. The lowest BCUT2D eigenvalue weighted by Gasteiger charge is -2.28. The Labute approximate surface area is 182 Å². The second kappa shape index (κ2) is 9.32. The van der Waals surface area contributed by atoms with Gasteiger partial charge in [-0.2, -0.15) is 0 Å². The van der Waals surface area contributed by atoms with Crippen molar-refractivity contribution in [3.63, 3.8) is 0 Å². The molecule has 5 heteroatoms. The molecule has 2 amide bonds. The quantitative estimate of drug-likeness (QED) is 0.651. The van der Waals surface area contributed by atoms with Gasteiger partial charge in [0, 0.05) is 37.6 Å². The molecule has 1 unspecified atom stereocenters. The van der Waals surface area contributed by atoms with E-state index in [1.54, 1.807) is 0 Å². The largest absolute Gasteiger partial charge is 0.325 e. The third kappa shape index (κ3) is 4.45. The van der Waals surface area contributed by atoms with Crippen LogP contribution in [0.15, 0.2) is 48.5 Å². The Balaban J connectivity index is 1.38. The molecule has 0 radical (unpaired) electrons. The molecule has 0 aliphatic carbocycles. The minimum atomic E-state index is 0.220. The van der Waals surface area contributed by atoms with Gasteiger partial charge in [-0.1, -0.05) is 55.5 Å². The van der Waals surface area contributed by atoms with E-state index in [0.29, 0.717) is 6.04 Å². The monoisotopic (exact) mass is 421 g/mol. The number of benzene rings is 2. The van der Waals surface area contributed by atoms with Gasteiger partial charge in [0.1, 0.15) is 0 Å². The van der Waals surface area contributed by atoms with Gasteiger partial charge >= 0.3 is 6.03 Å². The van der Waals surface area contributed by atoms with Crippen molar-refractivity contribution in [2.45, 2.75) is 38.6 Å². The third-order valence-corrected chi connectivity index (χ3v) is 7.21. The van der Waals surface area contributed by atoms with Crippen LogP contribution < -0.4 is 0 Å². The van der Waals surface area contributed by atoms with E-state index in [0.717, 1.165) is 62.8 Å². The average molecular weight is 422 g/mol. The van der Waals surface area contributed by atoms with Gasteiger partial charge in [-0.25, -0.2) is 4.79 Å². The highest BCUT2D eigenvalue weighted by Gasteiger charge is 2.33. The minimum absolute atomic E-state index is 0.220. The van der Waals surface area contributed by atoms with Gasteiger partial charge in [0.05, 0.1) is 0 Å². The molecule has 0 N–H and O–H groups in total. The van der Waals surface area contributed by atoms with E-state index in [-0.39, 0.29) is 6.03 Å². The molecule has 4 nitrogen and oxygen atoms in total. The molecule has 0 saturated carbocycles. The molecular weight excluding hydrogens is 389 g/mol. The fourth-order valence-corrected chi connectivity index (χ4v) is 4.83. The van der Waals surface area contributed by atoms with E-state index in [9.17, 15) is 4.79 Å². The van der Waals surface area contributed by atoms with Crippen LogP contribution in [0.1, 0.15) is 37.3 Å². The SMILES string of the molecule is CCc1ccc(-c2ccc(C(=P)N(C)C3CCN(C(=O)N4CCCC4)C3)cc2)cc1. The lowest BCUT2D eigenvalue weighted by Crippen LogP contribution is -2.43. The van der Waals surface area contributed by atoms with Crippen molar-refractivity contribution >= 4 is 20.3 Å². The van der Waals surface area contributed by atoms with Crippen LogP contribution >= 0.6 is 8.86 Å². The Kier molecular flexibility index (Phi) is 6.55. The minimum Gasteiger partial charge on any atom is -0.325 e. The number of carbonyl (C=O) groups excluding carboxylic acids is 1. The molecule has 1 atom stereocenters. The van der Waals surface area contributed by atoms with E-state index in [2.05, 4.69) is 76.3 Å². The maximum absolute atomic E-state index is 12.7. The van der Waals surface area contributed by atoms with E-state index in [1.807, 2.05) is 9.80 Å². The van der Waals surface area contributed by atoms with Crippen molar-refractivity contribution in [2.75, 3.05) is 33.2 Å². The van der Waals surface area contributed by atoms with Crippen molar-refractivity contribution in [3.05, 3.63) is 59.7 Å². The maximum atomic E-state index is 12.7. The van der Waals surface area contributed by atoms with E-state index < -0.39 is 0 Å². The van der Waals surface area contributed by atoms with Crippen LogP contribution in [0.2, 0.25) is 0 Å². The molecule has 2 heterocycles. The predicted octanol–water partition coefficient (Wildman–Crippen LogP) is 4.76. The van der Waals surface area contributed by atoms with Gasteiger partial charge in [0.25, 0.3) is 0 Å². The summed E-state index contributed by atoms with van der Waals surface area (Å²) in [4.78, 5) is 19.0. The van der Waals surface area contributed by atoms with Crippen LogP contribution in [-0.2, 0) is 6.42 Å². The van der Waals surface area contributed by atoms with Crippen LogP contribution in [0.4, 0.5) is 4.79 Å². The summed E-state index contributed by atoms with van der Waals surface area (Å²) in [5.41, 5.74) is 6.07. The summed E-state index contributed by atoms with van der Waals surface area (Å²) >= 11 is 0. The Bertz CT molecular complexity index is 888. The summed E-state index contributed by atoms with van der Waals surface area (Å²) in [6.07, 6.45) is 4.35. The Morgan fingerprint density at radius 2 is 1.57 bits per heavy atom. The van der Waals surface area contributed by atoms with Gasteiger partial charge < -0.3 is 9.80 Å². The molecule has 2 aromatic rings. The van der Waals surface area contributed by atoms with Gasteiger partial charge in [0.15, 0.2) is 0 Å². The highest BCUT2D eigenvalue weighted by molar-refractivity contribution is 7.21. The lowest BCUT2D eigenvalue weighted by atomic mass is 10.0. The summed E-state index contributed by atoms with van der Waals surface area (Å²) in [6, 6.07) is 18.1. The van der Waals surface area contributed by atoms with Gasteiger partial charge in [-0.3, -0.25) is 4.90 Å². The van der Waals surface area contributed by atoms with Crippen molar-refractivity contribution < 1.29 is 4.79 Å². The highest BCUT2D eigenvalue weighted by Crippen LogP contribution is 2.24. The lowest BCUT2D eigenvalue weighted by molar-refractivity contribution is 0.170. The van der Waals surface area contributed by atoms with Gasteiger partial charge in [0.2, 0.25) is 0 Å². The van der Waals surface area contributed by atoms with Crippen LogP contribution in [0.5, 0.6) is 0 Å². The average Bonchev–Trinajstić information content (AvgIpc) is 3.50. The molecule has 158 valence electrons. The van der Waals surface area contributed by atoms with Crippen molar-refractivity contribution in [1.29, 1.82) is 0 Å². The first-order valence-corrected chi connectivity index (χ1v) is 11.6. The molecule has 2 aliphatic heterocycles. The first-order chi connectivity index (χ1) is 14.6. The molecule has 0 aromatic heterocycles. The fraction of sp³-hybridized carbons (Fsp3) is 0.440. The smallest absolute Gasteiger partial charge is 0.320 e. The maximum Gasteiger partial charge on any atom is 0.320 e. The zero-order valence-electron chi connectivity index (χ0n) is 18.1. The number of amides is 2. The van der Waals surface area contributed by atoms with E-state index >= 15 is 0 Å². The number of urea groups is 1. The topological polar surface area (TPSA) is 26.8 Å². The Hall–Kier alpha value is -2.16. The first-order valence-electron chi connectivity index (χ1n) is 11.1. The van der Waals surface area contributed by atoms with Crippen molar-refractivity contribution in [1.82, 2.24) is 14.7 Å². The Morgan fingerprint density at radius 1 is 0.967 bits per heavy atom. The number of nitrogens with zero attached hydrogens (tertiary/aromatic N) is 3. The molecule has 2 saturated heterocycles. The zero-order chi connectivity index (χ0) is 21.1. The number of hydrogen-bond acceptors (Lipinski definition) is 1. The molecule has 30 heavy (non-hydrogen) atoms. The molecular formula is C25H32N3OP. The third-order valence-electron chi connectivity index (χ3n) is 6.56. The van der Waals surface area contributed by atoms with E-state index in [4.69, 9.17) is 0 Å². The number of likely N-dealkylation sites (tertiary alicyclic amines) is 2. The summed E-state index contributed by atoms with van der Waals surface area (Å²) in [5.74, 6) is 0. The summed E-state index contributed by atoms with van der Waals surface area (Å²) in [6.45, 7) is 5.65. The summed E-state index contributed by atoms with van der Waals surface area (Å²) < 4.78 is 0. The number of rotatable bonds is 5. The van der Waals surface area contributed by atoms with Crippen LogP contribution in [-0.4, -0.2) is 65.4 Å². The molecule has 2 aromatic carbocycles. The molecule has 2 aliphatic rings. The van der Waals surface area contributed by atoms with Gasteiger partial charge in [-0.15, -0.1) is 8.86 Å². The standard InChI is InChI=1S/C25H32N3OP/c1-3-19-6-8-20(9-7-19)21-10-12-22(13-11-21)24(30)26(2)23-14-17-28(18-23)25(29)27-15-4-5-16-27/h6-13,23,30H,3-5,14-18H2,1-2H3. The van der Waals surface area contributed by atoms with Crippen LogP contribution in [0.25, 0.3) is 11.1 Å². The molecule has 0 spiro atoms. The van der Waals surface area contributed by atoms with E-state index in [1.165, 1.54) is 16.7 Å². The second-order valence-corrected chi connectivity index (χ2v) is 8.93. The number of carbonyl (C=O) groups is 1. The van der Waals surface area contributed by atoms with Crippen LogP contribution in [0, 0.1) is 0 Å². The predicted molar refractivity (Wildman–Crippen MR) is 128 cm³/mol. The molecule has 0 bridgehead atoms. The summed E-state index contributed by atoms with van der Waals surface area (Å²) in [7, 11) is 5.99. The second-order valence-electron chi connectivity index (χ2n) is 8.45. The van der Waals surface area contributed by atoms with Crippen molar-refractivity contribution in [3.8, 4) is 11.1 Å². The van der Waals surface area contributed by atoms with Crippen molar-refractivity contribution in [2.24, 2.45) is 0 Å². The number of aryl methyl sites for hydroxylation is 1. The summed E-state index contributed by atoms with van der Waals surface area (Å²) in [5, 5.41) is 0. The fourth-order valence-electron chi connectivity index (χ4n) is 4.48. The van der Waals surface area contributed by atoms with Gasteiger partial charge in [-0.05, 0) is 55.0 Å². The zero-order valence-corrected chi connectivity index (χ0v) is 19.1. The number of likely N-dealkylation sites (N-methyl/N-ethyl adjacent to an activating group) is 1. The first kappa shape index (κ1) is 21.1. The Morgan fingerprint density at radius 3 is 2.17 bits per heavy atom.